The second-order valence-corrected chi connectivity index (χ2v) is 3.67. The van der Waals surface area contributed by atoms with Gasteiger partial charge in [0.2, 0.25) is 0 Å². The molecule has 0 aliphatic rings. The third-order valence-electron chi connectivity index (χ3n) is 2.21. The van der Waals surface area contributed by atoms with Gasteiger partial charge in [0.05, 0.1) is 12.1 Å². The van der Waals surface area contributed by atoms with Crippen LogP contribution in [-0.4, -0.2) is 33.5 Å². The van der Waals surface area contributed by atoms with Gasteiger partial charge in [-0.15, -0.1) is 0 Å². The fourth-order valence-electron chi connectivity index (χ4n) is 1.50. The number of hydrogen-bond acceptors (Lipinski definition) is 3. The minimum atomic E-state index is 0.826. The predicted octanol–water partition coefficient (Wildman–Crippen LogP) is 1.03. The van der Waals surface area contributed by atoms with Crippen LogP contribution < -0.4 is 0 Å². The first kappa shape index (κ1) is 9.15. The van der Waals surface area contributed by atoms with Gasteiger partial charge in [0.25, 0.3) is 0 Å². The normalized spacial score (nSPS) is 11.4. The van der Waals surface area contributed by atoms with Gasteiger partial charge in [0.1, 0.15) is 5.82 Å². The maximum atomic E-state index is 4.46. The van der Waals surface area contributed by atoms with Crippen LogP contribution in [0.4, 0.5) is 0 Å². The van der Waals surface area contributed by atoms with E-state index in [0.717, 1.165) is 23.5 Å². The molecule has 2 aromatic rings. The lowest BCUT2D eigenvalue weighted by Crippen LogP contribution is -2.14. The molecule has 4 heteroatoms. The smallest absolute Gasteiger partial charge is 0.177 e. The Balaban J connectivity index is 2.51. The molecule has 14 heavy (non-hydrogen) atoms. The highest BCUT2D eigenvalue weighted by atomic mass is 15.2. The molecule has 74 valence electrons. The fourth-order valence-corrected chi connectivity index (χ4v) is 1.50. The lowest BCUT2D eigenvalue weighted by Gasteiger charge is -2.08. The number of aromatic nitrogens is 3. The van der Waals surface area contributed by atoms with Crippen molar-refractivity contribution in [1.29, 1.82) is 0 Å². The van der Waals surface area contributed by atoms with Gasteiger partial charge in [-0.1, -0.05) is 0 Å². The van der Waals surface area contributed by atoms with Crippen molar-refractivity contribution in [2.75, 3.05) is 14.1 Å². The highest BCUT2D eigenvalue weighted by molar-refractivity contribution is 5.71. The van der Waals surface area contributed by atoms with Crippen molar-refractivity contribution in [3.8, 4) is 0 Å². The summed E-state index contributed by atoms with van der Waals surface area (Å²) in [6.45, 7) is 0.840. The highest BCUT2D eigenvalue weighted by Gasteiger charge is 2.07. The summed E-state index contributed by atoms with van der Waals surface area (Å²) in [4.78, 5) is 10.8. The zero-order valence-electron chi connectivity index (χ0n) is 8.73. The van der Waals surface area contributed by atoms with Crippen LogP contribution >= 0.6 is 0 Å². The molecule has 0 saturated carbocycles. The first-order valence-corrected chi connectivity index (χ1v) is 4.59. The molecule has 0 spiro atoms. The molecular weight excluding hydrogens is 176 g/mol. The van der Waals surface area contributed by atoms with Crippen molar-refractivity contribution in [3.05, 3.63) is 24.2 Å². The average molecular weight is 190 g/mol. The van der Waals surface area contributed by atoms with Crippen LogP contribution in [0.2, 0.25) is 0 Å². The SMILES string of the molecule is CN(C)Cc1nc2ncccc2n1C. The molecule has 0 aliphatic heterocycles. The Hall–Kier alpha value is -1.42. The van der Waals surface area contributed by atoms with Crippen molar-refractivity contribution in [2.45, 2.75) is 6.54 Å². The van der Waals surface area contributed by atoms with E-state index in [1.165, 1.54) is 0 Å². The maximum Gasteiger partial charge on any atom is 0.177 e. The second-order valence-electron chi connectivity index (χ2n) is 3.67. The highest BCUT2D eigenvalue weighted by Crippen LogP contribution is 2.12. The molecule has 0 bridgehead atoms. The Bertz CT molecular complexity index is 444. The second kappa shape index (κ2) is 3.38. The van der Waals surface area contributed by atoms with Gasteiger partial charge < -0.3 is 9.47 Å². The molecule has 2 rings (SSSR count). The van der Waals surface area contributed by atoms with E-state index in [0.29, 0.717) is 0 Å². The van der Waals surface area contributed by atoms with E-state index >= 15 is 0 Å². The van der Waals surface area contributed by atoms with Crippen LogP contribution in [0.25, 0.3) is 11.2 Å². The van der Waals surface area contributed by atoms with E-state index in [4.69, 9.17) is 0 Å². The summed E-state index contributed by atoms with van der Waals surface area (Å²) in [5.74, 6) is 1.05. The minimum Gasteiger partial charge on any atom is -0.329 e. The van der Waals surface area contributed by atoms with Crippen molar-refractivity contribution in [1.82, 2.24) is 19.4 Å². The number of imidazole rings is 1. The van der Waals surface area contributed by atoms with Gasteiger partial charge in [0.15, 0.2) is 5.65 Å². The average Bonchev–Trinajstić information content (AvgIpc) is 2.44. The van der Waals surface area contributed by atoms with Crippen molar-refractivity contribution in [3.63, 3.8) is 0 Å². The molecule has 4 nitrogen and oxygen atoms in total. The van der Waals surface area contributed by atoms with Gasteiger partial charge in [0, 0.05) is 13.2 Å². The van der Waals surface area contributed by atoms with Crippen LogP contribution in [0.15, 0.2) is 18.3 Å². The predicted molar refractivity (Wildman–Crippen MR) is 55.9 cm³/mol. The Morgan fingerprint density at radius 3 is 2.86 bits per heavy atom. The summed E-state index contributed by atoms with van der Waals surface area (Å²) >= 11 is 0. The number of fused-ring (bicyclic) bond motifs is 1. The number of hydrogen-bond donors (Lipinski definition) is 0. The number of aryl methyl sites for hydroxylation is 1. The van der Waals surface area contributed by atoms with E-state index in [2.05, 4.69) is 19.4 Å². The first-order chi connectivity index (χ1) is 6.68. The Morgan fingerprint density at radius 2 is 2.21 bits per heavy atom. The lowest BCUT2D eigenvalue weighted by molar-refractivity contribution is 0.386. The zero-order valence-corrected chi connectivity index (χ0v) is 8.73. The Kier molecular flexibility index (Phi) is 2.21. The van der Waals surface area contributed by atoms with Crippen LogP contribution in [-0.2, 0) is 13.6 Å². The summed E-state index contributed by atoms with van der Waals surface area (Å²) in [6.07, 6.45) is 1.77. The van der Waals surface area contributed by atoms with Crippen molar-refractivity contribution < 1.29 is 0 Å². The van der Waals surface area contributed by atoms with Crippen LogP contribution in [0.3, 0.4) is 0 Å². The molecule has 2 heterocycles. The van der Waals surface area contributed by atoms with Crippen molar-refractivity contribution in [2.24, 2.45) is 7.05 Å². The van der Waals surface area contributed by atoms with Gasteiger partial charge in [-0.25, -0.2) is 9.97 Å². The Morgan fingerprint density at radius 1 is 1.43 bits per heavy atom. The molecule has 0 fully saturated rings. The number of nitrogens with zero attached hydrogens (tertiary/aromatic N) is 4. The summed E-state index contributed by atoms with van der Waals surface area (Å²) < 4.78 is 2.09. The fraction of sp³-hybridized carbons (Fsp3) is 0.400. The number of pyridine rings is 1. The molecule has 0 atom stereocenters. The van der Waals surface area contributed by atoms with Crippen LogP contribution in [0.1, 0.15) is 5.82 Å². The molecule has 2 aromatic heterocycles. The van der Waals surface area contributed by atoms with E-state index in [1.54, 1.807) is 6.20 Å². The van der Waals surface area contributed by atoms with Crippen molar-refractivity contribution >= 4 is 11.2 Å². The minimum absolute atomic E-state index is 0.826. The lowest BCUT2D eigenvalue weighted by atomic mass is 10.4. The van der Waals surface area contributed by atoms with Crippen LogP contribution in [0.5, 0.6) is 0 Å². The molecule has 0 aliphatic carbocycles. The first-order valence-electron chi connectivity index (χ1n) is 4.59. The molecule has 0 unspecified atom stereocenters. The van der Waals surface area contributed by atoms with E-state index in [9.17, 15) is 0 Å². The molecule has 0 radical (unpaired) electrons. The van der Waals surface area contributed by atoms with Gasteiger partial charge >= 0.3 is 0 Å². The molecule has 0 aromatic carbocycles. The van der Waals surface area contributed by atoms with E-state index < -0.39 is 0 Å². The summed E-state index contributed by atoms with van der Waals surface area (Å²) in [6, 6.07) is 3.97. The van der Waals surface area contributed by atoms with E-state index in [1.807, 2.05) is 33.3 Å². The standard InChI is InChI=1S/C10H14N4/c1-13(2)7-9-12-10-8(14(9)3)5-4-6-11-10/h4-6H,7H2,1-3H3. The summed E-state index contributed by atoms with van der Waals surface area (Å²) in [5, 5.41) is 0. The molecular formula is C10H14N4. The largest absolute Gasteiger partial charge is 0.329 e. The third-order valence-corrected chi connectivity index (χ3v) is 2.21. The third kappa shape index (κ3) is 1.48. The quantitative estimate of drug-likeness (QED) is 0.709. The zero-order chi connectivity index (χ0) is 10.1. The van der Waals surface area contributed by atoms with Crippen LogP contribution in [0, 0.1) is 0 Å². The topological polar surface area (TPSA) is 34.0 Å². The molecule has 0 amide bonds. The van der Waals surface area contributed by atoms with E-state index in [-0.39, 0.29) is 0 Å². The summed E-state index contributed by atoms with van der Waals surface area (Å²) in [5.41, 5.74) is 1.91. The van der Waals surface area contributed by atoms with Gasteiger partial charge in [-0.2, -0.15) is 0 Å². The number of rotatable bonds is 2. The monoisotopic (exact) mass is 190 g/mol. The molecule has 0 saturated heterocycles. The Labute approximate surface area is 83.2 Å². The van der Waals surface area contributed by atoms with Gasteiger partial charge in [-0.05, 0) is 26.2 Å². The maximum absolute atomic E-state index is 4.46. The summed E-state index contributed by atoms with van der Waals surface area (Å²) in [7, 11) is 6.09. The van der Waals surface area contributed by atoms with Gasteiger partial charge in [-0.3, -0.25) is 0 Å². The molecule has 0 N–H and O–H groups in total.